The predicted molar refractivity (Wildman–Crippen MR) is 92.0 cm³/mol. The highest BCUT2D eigenvalue weighted by Gasteiger charge is 2.20. The average molecular weight is 318 g/mol. The first-order valence-corrected chi connectivity index (χ1v) is 8.62. The number of fused-ring (bicyclic) bond motifs is 1. The molecule has 1 aromatic carbocycles. The number of likely N-dealkylation sites (tertiary alicyclic amines) is 1. The van der Waals surface area contributed by atoms with Crippen molar-refractivity contribution in [1.82, 2.24) is 9.47 Å². The summed E-state index contributed by atoms with van der Waals surface area (Å²) in [5, 5.41) is 0.996. The van der Waals surface area contributed by atoms with Gasteiger partial charge in [0.2, 0.25) is 0 Å². The van der Waals surface area contributed by atoms with E-state index in [-0.39, 0.29) is 5.82 Å². The smallest absolute Gasteiger partial charge is 0.123 e. The Morgan fingerprint density at radius 2 is 2.17 bits per heavy atom. The lowest BCUT2D eigenvalue weighted by Crippen LogP contribution is -2.35. The van der Waals surface area contributed by atoms with Crippen molar-refractivity contribution in [1.29, 1.82) is 0 Å². The maximum atomic E-state index is 13.4. The van der Waals surface area contributed by atoms with Crippen LogP contribution in [0.3, 0.4) is 0 Å². The van der Waals surface area contributed by atoms with Gasteiger partial charge < -0.3 is 9.30 Å². The molecule has 2 aromatic rings. The van der Waals surface area contributed by atoms with E-state index >= 15 is 0 Å². The summed E-state index contributed by atoms with van der Waals surface area (Å²) in [7, 11) is 3.85. The zero-order valence-electron chi connectivity index (χ0n) is 14.2. The van der Waals surface area contributed by atoms with Crippen LogP contribution in [-0.2, 0) is 18.3 Å². The minimum atomic E-state index is -0.161. The molecule has 1 fully saturated rings. The summed E-state index contributed by atoms with van der Waals surface area (Å²) in [6, 6.07) is 7.17. The van der Waals surface area contributed by atoms with Gasteiger partial charge >= 0.3 is 0 Å². The number of nitrogens with zero attached hydrogens (tertiary/aromatic N) is 2. The number of aryl methyl sites for hydroxylation is 1. The van der Waals surface area contributed by atoms with Crippen LogP contribution in [0, 0.1) is 11.7 Å². The van der Waals surface area contributed by atoms with Crippen LogP contribution in [0.2, 0.25) is 0 Å². The second kappa shape index (κ2) is 7.45. The lowest BCUT2D eigenvalue weighted by molar-refractivity contribution is 0.141. The number of piperidine rings is 1. The van der Waals surface area contributed by atoms with Crippen molar-refractivity contribution in [2.45, 2.75) is 32.2 Å². The fraction of sp³-hybridized carbons (Fsp3) is 0.579. The second-order valence-electron chi connectivity index (χ2n) is 6.78. The number of aromatic nitrogens is 1. The van der Waals surface area contributed by atoms with E-state index in [9.17, 15) is 4.39 Å². The normalized spacial score (nSPS) is 19.5. The number of methoxy groups -OCH3 is 1. The third kappa shape index (κ3) is 3.93. The number of hydrogen-bond donors (Lipinski definition) is 0. The highest BCUT2D eigenvalue weighted by atomic mass is 19.1. The molecule has 126 valence electrons. The van der Waals surface area contributed by atoms with Gasteiger partial charge in [-0.1, -0.05) is 0 Å². The maximum Gasteiger partial charge on any atom is 0.123 e. The first-order chi connectivity index (χ1) is 11.2. The molecule has 0 aliphatic carbocycles. The van der Waals surface area contributed by atoms with Gasteiger partial charge in [-0.05, 0) is 62.4 Å². The zero-order valence-corrected chi connectivity index (χ0v) is 14.2. The topological polar surface area (TPSA) is 17.4 Å². The SMILES string of the molecule is COCCC[C@H]1CCCN(Cc2cc3cc(F)ccc3n2C)C1. The van der Waals surface area contributed by atoms with Gasteiger partial charge in [-0.3, -0.25) is 4.90 Å². The van der Waals surface area contributed by atoms with Crippen molar-refractivity contribution in [2.24, 2.45) is 13.0 Å². The monoisotopic (exact) mass is 318 g/mol. The first kappa shape index (κ1) is 16.5. The highest BCUT2D eigenvalue weighted by Crippen LogP contribution is 2.25. The molecule has 1 aliphatic heterocycles. The Morgan fingerprint density at radius 1 is 1.30 bits per heavy atom. The molecule has 3 nitrogen and oxygen atoms in total. The fourth-order valence-electron chi connectivity index (χ4n) is 3.81. The molecule has 0 unspecified atom stereocenters. The minimum absolute atomic E-state index is 0.161. The number of rotatable bonds is 6. The maximum absolute atomic E-state index is 13.4. The third-order valence-electron chi connectivity index (χ3n) is 5.05. The Hall–Kier alpha value is -1.39. The van der Waals surface area contributed by atoms with Gasteiger partial charge in [-0.25, -0.2) is 4.39 Å². The van der Waals surface area contributed by atoms with Gasteiger partial charge in [0.15, 0.2) is 0 Å². The van der Waals surface area contributed by atoms with Crippen LogP contribution in [-0.4, -0.2) is 36.3 Å². The molecule has 1 aliphatic rings. The Labute approximate surface area is 138 Å². The molecule has 4 heteroatoms. The van der Waals surface area contributed by atoms with Crippen LogP contribution < -0.4 is 0 Å². The van der Waals surface area contributed by atoms with Crippen molar-refractivity contribution in [3.63, 3.8) is 0 Å². The van der Waals surface area contributed by atoms with Crippen molar-refractivity contribution in [3.8, 4) is 0 Å². The molecule has 0 bridgehead atoms. The Balaban J connectivity index is 1.65. The Morgan fingerprint density at radius 3 is 3.00 bits per heavy atom. The van der Waals surface area contributed by atoms with Gasteiger partial charge in [-0.15, -0.1) is 0 Å². The van der Waals surface area contributed by atoms with E-state index in [1.54, 1.807) is 19.2 Å². The lowest BCUT2D eigenvalue weighted by Gasteiger charge is -2.32. The van der Waals surface area contributed by atoms with Crippen LogP contribution >= 0.6 is 0 Å². The van der Waals surface area contributed by atoms with Crippen molar-refractivity contribution < 1.29 is 9.13 Å². The van der Waals surface area contributed by atoms with Crippen LogP contribution in [0.25, 0.3) is 10.9 Å². The van der Waals surface area contributed by atoms with E-state index in [1.165, 1.54) is 31.5 Å². The summed E-state index contributed by atoms with van der Waals surface area (Å²) >= 11 is 0. The van der Waals surface area contributed by atoms with Crippen molar-refractivity contribution >= 4 is 10.9 Å². The van der Waals surface area contributed by atoms with Gasteiger partial charge in [-0.2, -0.15) is 0 Å². The lowest BCUT2D eigenvalue weighted by atomic mass is 9.93. The molecule has 23 heavy (non-hydrogen) atoms. The molecule has 0 N–H and O–H groups in total. The van der Waals surface area contributed by atoms with Gasteiger partial charge in [0.05, 0.1) is 0 Å². The fourth-order valence-corrected chi connectivity index (χ4v) is 3.81. The minimum Gasteiger partial charge on any atom is -0.385 e. The molecular weight excluding hydrogens is 291 g/mol. The highest BCUT2D eigenvalue weighted by molar-refractivity contribution is 5.81. The Kier molecular flexibility index (Phi) is 5.34. The predicted octanol–water partition coefficient (Wildman–Crippen LogP) is 3.96. The molecule has 0 saturated carbocycles. The van der Waals surface area contributed by atoms with E-state index < -0.39 is 0 Å². The van der Waals surface area contributed by atoms with Crippen LogP contribution in [0.4, 0.5) is 4.39 Å². The summed E-state index contributed by atoms with van der Waals surface area (Å²) in [6.45, 7) is 4.15. The molecular formula is C19H27FN2O. The molecule has 0 spiro atoms. The summed E-state index contributed by atoms with van der Waals surface area (Å²) in [5.74, 6) is 0.622. The third-order valence-corrected chi connectivity index (χ3v) is 5.05. The van der Waals surface area contributed by atoms with E-state index in [1.807, 2.05) is 6.07 Å². The quantitative estimate of drug-likeness (QED) is 0.750. The number of ether oxygens (including phenoxy) is 1. The number of hydrogen-bond acceptors (Lipinski definition) is 2. The van der Waals surface area contributed by atoms with Crippen molar-refractivity contribution in [3.05, 3.63) is 35.8 Å². The molecule has 1 atom stereocenters. The van der Waals surface area contributed by atoms with E-state index in [0.717, 1.165) is 42.9 Å². The van der Waals surface area contributed by atoms with Crippen LogP contribution in [0.15, 0.2) is 24.3 Å². The van der Waals surface area contributed by atoms with Gasteiger partial charge in [0.25, 0.3) is 0 Å². The van der Waals surface area contributed by atoms with Crippen molar-refractivity contribution in [2.75, 3.05) is 26.8 Å². The molecule has 0 amide bonds. The standard InChI is InChI=1S/C19H27FN2O/c1-21-18(12-16-11-17(20)7-8-19(16)21)14-22-9-3-5-15(13-22)6-4-10-23-2/h7-8,11-12,15H,3-6,9-10,13-14H2,1-2H3/t15-/m1/s1. The Bertz CT molecular complexity index is 652. The van der Waals surface area contributed by atoms with Gasteiger partial charge in [0.1, 0.15) is 5.82 Å². The first-order valence-electron chi connectivity index (χ1n) is 8.62. The summed E-state index contributed by atoms with van der Waals surface area (Å²) in [6.07, 6.45) is 5.02. The van der Waals surface area contributed by atoms with Crippen LogP contribution in [0.5, 0.6) is 0 Å². The molecule has 1 saturated heterocycles. The summed E-state index contributed by atoms with van der Waals surface area (Å²) in [4.78, 5) is 2.55. The molecule has 2 heterocycles. The van der Waals surface area contributed by atoms with E-state index in [0.29, 0.717) is 0 Å². The molecule has 1 aromatic heterocycles. The number of halogens is 1. The van der Waals surface area contributed by atoms with Gasteiger partial charge in [0, 0.05) is 50.5 Å². The zero-order chi connectivity index (χ0) is 16.2. The summed E-state index contributed by atoms with van der Waals surface area (Å²) in [5.41, 5.74) is 2.37. The number of benzene rings is 1. The molecule has 0 radical (unpaired) electrons. The van der Waals surface area contributed by atoms with E-state index in [4.69, 9.17) is 4.74 Å². The second-order valence-corrected chi connectivity index (χ2v) is 6.78. The largest absolute Gasteiger partial charge is 0.385 e. The average Bonchev–Trinajstić information content (AvgIpc) is 2.83. The van der Waals surface area contributed by atoms with E-state index in [2.05, 4.69) is 22.6 Å². The molecule has 3 rings (SSSR count). The summed E-state index contributed by atoms with van der Waals surface area (Å²) < 4.78 is 20.8. The van der Waals surface area contributed by atoms with Crippen LogP contribution in [0.1, 0.15) is 31.4 Å².